The molecule has 0 aliphatic carbocycles. The third-order valence-corrected chi connectivity index (χ3v) is 3.21. The van der Waals surface area contributed by atoms with E-state index < -0.39 is 5.97 Å². The van der Waals surface area contributed by atoms with Crippen LogP contribution in [0, 0.1) is 0 Å². The van der Waals surface area contributed by atoms with E-state index in [2.05, 4.69) is 0 Å². The van der Waals surface area contributed by atoms with Crippen LogP contribution in [-0.4, -0.2) is 44.6 Å². The van der Waals surface area contributed by atoms with Crippen molar-refractivity contribution in [2.75, 3.05) is 27.4 Å². The molecule has 1 N–H and O–H groups in total. The maximum Gasteiger partial charge on any atom is 0.339 e. The van der Waals surface area contributed by atoms with E-state index >= 15 is 0 Å². The number of rotatable bonds is 7. The van der Waals surface area contributed by atoms with E-state index in [4.69, 9.17) is 14.2 Å². The fourth-order valence-electron chi connectivity index (χ4n) is 2.11. The van der Waals surface area contributed by atoms with Crippen molar-refractivity contribution in [2.45, 2.75) is 6.10 Å². The molecule has 112 valence electrons. The summed E-state index contributed by atoms with van der Waals surface area (Å²) in [4.78, 5) is 11.4. The average molecular weight is 290 g/mol. The molecule has 0 spiro atoms. The van der Waals surface area contributed by atoms with Crippen molar-refractivity contribution in [3.8, 4) is 5.75 Å². The summed E-state index contributed by atoms with van der Waals surface area (Å²) in [6.07, 6.45) is -0.254. The lowest BCUT2D eigenvalue weighted by Crippen LogP contribution is -2.25. The van der Waals surface area contributed by atoms with Gasteiger partial charge in [-0.05, 0) is 11.5 Å². The highest BCUT2D eigenvalue weighted by atomic mass is 16.5. The number of benzene rings is 2. The normalized spacial score (nSPS) is 12.3. The van der Waals surface area contributed by atoms with Crippen LogP contribution in [0.4, 0.5) is 0 Å². The minimum atomic E-state index is -1.02. The number of fused-ring (bicyclic) bond motifs is 1. The van der Waals surface area contributed by atoms with Crippen LogP contribution in [0.1, 0.15) is 10.4 Å². The van der Waals surface area contributed by atoms with Crippen molar-refractivity contribution in [3.63, 3.8) is 0 Å². The largest absolute Gasteiger partial charge is 0.489 e. The quantitative estimate of drug-likeness (QED) is 0.849. The first kappa shape index (κ1) is 15.3. The number of carboxylic acid groups (broad SMARTS) is 1. The van der Waals surface area contributed by atoms with E-state index in [1.165, 1.54) is 0 Å². The maximum atomic E-state index is 11.4. The second kappa shape index (κ2) is 7.06. The van der Waals surface area contributed by atoms with E-state index in [1.807, 2.05) is 24.3 Å². The van der Waals surface area contributed by atoms with Gasteiger partial charge in [-0.15, -0.1) is 0 Å². The van der Waals surface area contributed by atoms with Gasteiger partial charge in [0.2, 0.25) is 0 Å². The summed E-state index contributed by atoms with van der Waals surface area (Å²) < 4.78 is 16.0. The van der Waals surface area contributed by atoms with Gasteiger partial charge in [0.05, 0.1) is 6.61 Å². The van der Waals surface area contributed by atoms with Gasteiger partial charge in [-0.2, -0.15) is 0 Å². The summed E-state index contributed by atoms with van der Waals surface area (Å²) >= 11 is 0. The van der Waals surface area contributed by atoms with Crippen LogP contribution in [0.2, 0.25) is 0 Å². The van der Waals surface area contributed by atoms with Crippen molar-refractivity contribution in [1.82, 2.24) is 0 Å². The van der Waals surface area contributed by atoms with Gasteiger partial charge in [0.25, 0.3) is 0 Å². The summed E-state index contributed by atoms with van der Waals surface area (Å²) in [5.41, 5.74) is 0.140. The Kier molecular flexibility index (Phi) is 5.14. The number of ether oxygens (including phenoxy) is 3. The SMILES string of the molecule is COCC(COc1c(C(=O)O)ccc2ccccc12)OC. The molecule has 0 radical (unpaired) electrons. The predicted octanol–water partition coefficient (Wildman–Crippen LogP) is 2.58. The number of hydrogen-bond acceptors (Lipinski definition) is 4. The monoisotopic (exact) mass is 290 g/mol. The second-order valence-electron chi connectivity index (χ2n) is 4.59. The van der Waals surface area contributed by atoms with Crippen molar-refractivity contribution in [3.05, 3.63) is 42.0 Å². The standard InChI is InChI=1S/C16H18O5/c1-19-9-12(20-2)10-21-15-13-6-4-3-5-11(13)7-8-14(15)16(17)18/h3-8,12H,9-10H2,1-2H3,(H,17,18). The molecule has 0 amide bonds. The Labute approximate surface area is 123 Å². The third kappa shape index (κ3) is 3.51. The first-order valence-electron chi connectivity index (χ1n) is 6.57. The van der Waals surface area contributed by atoms with E-state index in [0.29, 0.717) is 12.4 Å². The molecule has 5 nitrogen and oxygen atoms in total. The molecule has 0 fully saturated rings. The molecule has 0 saturated heterocycles. The third-order valence-electron chi connectivity index (χ3n) is 3.21. The van der Waals surface area contributed by atoms with Crippen LogP contribution in [0.5, 0.6) is 5.75 Å². The molecule has 21 heavy (non-hydrogen) atoms. The fraction of sp³-hybridized carbons (Fsp3) is 0.312. The molecule has 0 saturated carbocycles. The zero-order valence-corrected chi connectivity index (χ0v) is 12.0. The molecule has 0 aliphatic heterocycles. The summed E-state index contributed by atoms with van der Waals surface area (Å²) in [7, 11) is 3.14. The van der Waals surface area contributed by atoms with Gasteiger partial charge in [-0.25, -0.2) is 4.79 Å². The van der Waals surface area contributed by atoms with Crippen molar-refractivity contribution >= 4 is 16.7 Å². The maximum absolute atomic E-state index is 11.4. The van der Waals surface area contributed by atoms with Crippen LogP contribution in [0.15, 0.2) is 36.4 Å². The number of aromatic carboxylic acids is 1. The molecule has 2 aromatic rings. The molecule has 0 heterocycles. The van der Waals surface area contributed by atoms with Crippen LogP contribution in [0.25, 0.3) is 10.8 Å². The van der Waals surface area contributed by atoms with Gasteiger partial charge in [0.1, 0.15) is 24.0 Å². The molecule has 0 bridgehead atoms. The minimum absolute atomic E-state index is 0.140. The molecular weight excluding hydrogens is 272 g/mol. The fourth-order valence-corrected chi connectivity index (χ4v) is 2.11. The summed E-state index contributed by atoms with van der Waals surface area (Å²) in [5.74, 6) is -0.657. The smallest absolute Gasteiger partial charge is 0.339 e. The van der Waals surface area contributed by atoms with E-state index in [9.17, 15) is 9.90 Å². The molecule has 5 heteroatoms. The molecule has 2 aromatic carbocycles. The Balaban J connectivity index is 2.35. The molecule has 1 atom stereocenters. The number of carbonyl (C=O) groups is 1. The molecule has 1 unspecified atom stereocenters. The van der Waals surface area contributed by atoms with Crippen LogP contribution < -0.4 is 4.74 Å². The van der Waals surface area contributed by atoms with Gasteiger partial charge in [0, 0.05) is 19.6 Å². The highest BCUT2D eigenvalue weighted by Gasteiger charge is 2.17. The van der Waals surface area contributed by atoms with Crippen molar-refractivity contribution < 1.29 is 24.1 Å². The Morgan fingerprint density at radius 2 is 1.90 bits per heavy atom. The first-order valence-corrected chi connectivity index (χ1v) is 6.57. The van der Waals surface area contributed by atoms with Gasteiger partial charge in [0.15, 0.2) is 0 Å². The minimum Gasteiger partial charge on any atom is -0.489 e. The molecule has 2 rings (SSSR count). The average Bonchev–Trinajstić information content (AvgIpc) is 2.50. The number of hydrogen-bond donors (Lipinski definition) is 1. The summed E-state index contributed by atoms with van der Waals surface area (Å²) in [5, 5.41) is 11.0. The molecule has 0 aliphatic rings. The van der Waals surface area contributed by atoms with Crippen molar-refractivity contribution in [2.24, 2.45) is 0 Å². The van der Waals surface area contributed by atoms with Gasteiger partial charge in [-0.3, -0.25) is 0 Å². The van der Waals surface area contributed by atoms with Gasteiger partial charge >= 0.3 is 5.97 Å². The lowest BCUT2D eigenvalue weighted by Gasteiger charge is -2.17. The lowest BCUT2D eigenvalue weighted by atomic mass is 10.1. The van der Waals surface area contributed by atoms with E-state index in [-0.39, 0.29) is 18.3 Å². The number of carboxylic acids is 1. The Hall–Kier alpha value is -2.11. The van der Waals surface area contributed by atoms with Crippen molar-refractivity contribution in [1.29, 1.82) is 0 Å². The zero-order chi connectivity index (χ0) is 15.2. The Morgan fingerprint density at radius 1 is 1.14 bits per heavy atom. The topological polar surface area (TPSA) is 65.0 Å². The highest BCUT2D eigenvalue weighted by Crippen LogP contribution is 2.30. The Bertz CT molecular complexity index is 623. The highest BCUT2D eigenvalue weighted by molar-refractivity contribution is 6.00. The Morgan fingerprint density at radius 3 is 2.57 bits per heavy atom. The van der Waals surface area contributed by atoms with Gasteiger partial charge in [-0.1, -0.05) is 30.3 Å². The van der Waals surface area contributed by atoms with E-state index in [0.717, 1.165) is 10.8 Å². The molecular formula is C16H18O5. The summed E-state index contributed by atoms with van der Waals surface area (Å²) in [6.45, 7) is 0.600. The van der Waals surface area contributed by atoms with Crippen LogP contribution in [-0.2, 0) is 9.47 Å². The zero-order valence-electron chi connectivity index (χ0n) is 12.0. The van der Waals surface area contributed by atoms with E-state index in [1.54, 1.807) is 26.4 Å². The predicted molar refractivity (Wildman–Crippen MR) is 79.1 cm³/mol. The van der Waals surface area contributed by atoms with Gasteiger partial charge < -0.3 is 19.3 Å². The van der Waals surface area contributed by atoms with Crippen LogP contribution in [0.3, 0.4) is 0 Å². The lowest BCUT2D eigenvalue weighted by molar-refractivity contribution is 0.000912. The first-order chi connectivity index (χ1) is 10.2. The summed E-state index contributed by atoms with van der Waals surface area (Å²) in [6, 6.07) is 10.8. The number of methoxy groups -OCH3 is 2. The second-order valence-corrected chi connectivity index (χ2v) is 4.59. The van der Waals surface area contributed by atoms with Crippen LogP contribution >= 0.6 is 0 Å². The molecule has 0 aromatic heterocycles.